The molecule has 0 spiro atoms. The number of hydrogen-bond acceptors (Lipinski definition) is 3. The van der Waals surface area contributed by atoms with E-state index >= 15 is 0 Å². The number of fused-ring (bicyclic) bond motifs is 1. The van der Waals surface area contributed by atoms with Crippen molar-refractivity contribution in [3.8, 4) is 0 Å². The average molecular weight is 308 g/mol. The molecule has 0 aliphatic carbocycles. The molecule has 3 N–H and O–H groups in total. The maximum atomic E-state index is 12.4. The van der Waals surface area contributed by atoms with E-state index in [4.69, 9.17) is 0 Å². The molecule has 1 amide bonds. The minimum atomic E-state index is -0.798. The van der Waals surface area contributed by atoms with Crippen molar-refractivity contribution in [3.63, 3.8) is 0 Å². The number of benzene rings is 2. The molecule has 1 heterocycles. The zero-order valence-electron chi connectivity index (χ0n) is 12.3. The average Bonchev–Trinajstić information content (AvgIpc) is 2.59. The summed E-state index contributed by atoms with van der Waals surface area (Å²) in [5, 5.41) is 13.4. The van der Waals surface area contributed by atoms with Gasteiger partial charge >= 0.3 is 0 Å². The number of aromatic nitrogens is 1. The van der Waals surface area contributed by atoms with Gasteiger partial charge in [0.15, 0.2) is 0 Å². The molecule has 0 aliphatic rings. The van der Waals surface area contributed by atoms with E-state index in [1.54, 1.807) is 36.4 Å². The van der Waals surface area contributed by atoms with Gasteiger partial charge in [-0.2, -0.15) is 0 Å². The number of H-pyrrole nitrogens is 1. The van der Waals surface area contributed by atoms with Crippen LogP contribution in [0.5, 0.6) is 0 Å². The Kier molecular flexibility index (Phi) is 4.21. The van der Waals surface area contributed by atoms with E-state index in [1.807, 2.05) is 18.2 Å². The molecular weight excluding hydrogens is 292 g/mol. The van der Waals surface area contributed by atoms with Crippen LogP contribution < -0.4 is 10.9 Å². The quantitative estimate of drug-likeness (QED) is 0.689. The van der Waals surface area contributed by atoms with E-state index in [9.17, 15) is 14.7 Å². The molecule has 5 nitrogen and oxygen atoms in total. The van der Waals surface area contributed by atoms with E-state index < -0.39 is 6.10 Å². The molecule has 2 aromatic carbocycles. The molecule has 0 radical (unpaired) electrons. The Labute approximate surface area is 132 Å². The summed E-state index contributed by atoms with van der Waals surface area (Å²) >= 11 is 0. The van der Waals surface area contributed by atoms with Crippen molar-refractivity contribution in [2.75, 3.05) is 6.54 Å². The minimum absolute atomic E-state index is 0.0734. The summed E-state index contributed by atoms with van der Waals surface area (Å²) in [6, 6.07) is 17.5. The summed E-state index contributed by atoms with van der Waals surface area (Å²) in [6.45, 7) is 0.0734. The number of carbonyl (C=O) groups excluding carboxylic acids is 1. The van der Waals surface area contributed by atoms with Crippen LogP contribution in [0.15, 0.2) is 65.5 Å². The highest BCUT2D eigenvalue weighted by atomic mass is 16.3. The van der Waals surface area contributed by atoms with Crippen molar-refractivity contribution in [3.05, 3.63) is 82.1 Å². The van der Waals surface area contributed by atoms with Crippen LogP contribution in [-0.4, -0.2) is 22.5 Å². The maximum absolute atomic E-state index is 12.4. The van der Waals surface area contributed by atoms with Crippen molar-refractivity contribution >= 4 is 16.8 Å². The van der Waals surface area contributed by atoms with Crippen LogP contribution in [0.3, 0.4) is 0 Å². The number of aromatic amines is 1. The van der Waals surface area contributed by atoms with Crippen LogP contribution in [-0.2, 0) is 0 Å². The van der Waals surface area contributed by atoms with Gasteiger partial charge in [-0.25, -0.2) is 0 Å². The van der Waals surface area contributed by atoms with Crippen LogP contribution in [0.1, 0.15) is 22.0 Å². The Morgan fingerprint density at radius 1 is 1.09 bits per heavy atom. The van der Waals surface area contributed by atoms with Gasteiger partial charge in [-0.1, -0.05) is 48.5 Å². The molecule has 0 fully saturated rings. The third-order valence-corrected chi connectivity index (χ3v) is 3.64. The first-order valence-corrected chi connectivity index (χ1v) is 7.28. The number of nitrogens with one attached hydrogen (secondary N) is 2. The Morgan fingerprint density at radius 3 is 2.57 bits per heavy atom. The molecule has 0 saturated carbocycles. The molecule has 5 heteroatoms. The van der Waals surface area contributed by atoms with Gasteiger partial charge < -0.3 is 15.4 Å². The van der Waals surface area contributed by atoms with Crippen LogP contribution in [0.2, 0.25) is 0 Å². The van der Waals surface area contributed by atoms with Crippen molar-refractivity contribution in [1.29, 1.82) is 0 Å². The number of rotatable bonds is 4. The summed E-state index contributed by atoms with van der Waals surface area (Å²) in [4.78, 5) is 26.7. The second kappa shape index (κ2) is 6.46. The molecule has 0 aliphatic heterocycles. The predicted molar refractivity (Wildman–Crippen MR) is 88.3 cm³/mol. The highest BCUT2D eigenvalue weighted by Crippen LogP contribution is 2.15. The zero-order valence-corrected chi connectivity index (χ0v) is 12.3. The summed E-state index contributed by atoms with van der Waals surface area (Å²) in [6.07, 6.45) is -0.798. The van der Waals surface area contributed by atoms with Crippen molar-refractivity contribution in [2.24, 2.45) is 0 Å². The number of para-hydroxylation sites is 1. The molecule has 1 atom stereocenters. The molecule has 3 rings (SSSR count). The molecule has 0 unspecified atom stereocenters. The minimum Gasteiger partial charge on any atom is -0.387 e. The molecule has 116 valence electrons. The highest BCUT2D eigenvalue weighted by molar-refractivity contribution is 6.05. The number of pyridine rings is 1. The van der Waals surface area contributed by atoms with Gasteiger partial charge in [0.05, 0.1) is 11.7 Å². The Morgan fingerprint density at radius 2 is 1.78 bits per heavy atom. The summed E-state index contributed by atoms with van der Waals surface area (Å²) in [7, 11) is 0. The lowest BCUT2D eigenvalue weighted by atomic mass is 10.1. The van der Waals surface area contributed by atoms with E-state index in [0.29, 0.717) is 16.5 Å². The molecular formula is C18H16N2O3. The van der Waals surface area contributed by atoms with Crippen molar-refractivity contribution < 1.29 is 9.90 Å². The maximum Gasteiger partial charge on any atom is 0.252 e. The van der Waals surface area contributed by atoms with Gasteiger partial charge in [0.2, 0.25) is 5.56 Å². The lowest BCUT2D eigenvalue weighted by Gasteiger charge is -2.13. The molecule has 3 aromatic rings. The van der Waals surface area contributed by atoms with Gasteiger partial charge in [-0.3, -0.25) is 9.59 Å². The molecule has 23 heavy (non-hydrogen) atoms. The molecule has 0 saturated heterocycles. The first kappa shape index (κ1) is 15.0. The third kappa shape index (κ3) is 3.30. The van der Waals surface area contributed by atoms with Crippen molar-refractivity contribution in [2.45, 2.75) is 6.10 Å². The summed E-state index contributed by atoms with van der Waals surface area (Å²) < 4.78 is 0. The Bertz CT molecular complexity index is 887. The molecule has 0 bridgehead atoms. The normalized spacial score (nSPS) is 12.0. The van der Waals surface area contributed by atoms with Gasteiger partial charge in [-0.05, 0) is 11.6 Å². The highest BCUT2D eigenvalue weighted by Gasteiger charge is 2.14. The van der Waals surface area contributed by atoms with Gasteiger partial charge in [-0.15, -0.1) is 0 Å². The smallest absolute Gasteiger partial charge is 0.252 e. The number of hydrogen-bond donors (Lipinski definition) is 3. The van der Waals surface area contributed by atoms with Crippen LogP contribution in [0.25, 0.3) is 10.9 Å². The predicted octanol–water partition coefficient (Wildman–Crippen LogP) is 1.99. The monoisotopic (exact) mass is 308 g/mol. The van der Waals surface area contributed by atoms with E-state index in [0.717, 1.165) is 5.56 Å². The van der Waals surface area contributed by atoms with Crippen LogP contribution in [0, 0.1) is 0 Å². The first-order valence-electron chi connectivity index (χ1n) is 7.28. The fourth-order valence-corrected chi connectivity index (χ4v) is 2.47. The largest absolute Gasteiger partial charge is 0.387 e. The number of amides is 1. The standard InChI is InChI=1S/C18H16N2O3/c21-16(12-6-2-1-3-7-12)11-19-18(23)14-10-17(22)20-15-9-5-4-8-13(14)15/h1-10,16,21H,11H2,(H,19,23)(H,20,22)/t16-/m0/s1. The number of aliphatic hydroxyl groups is 1. The SMILES string of the molecule is O=C(NC[C@H](O)c1ccccc1)c1cc(=O)[nH]c2ccccc12. The van der Waals surface area contributed by atoms with Crippen LogP contribution in [0.4, 0.5) is 0 Å². The second-order valence-electron chi connectivity index (χ2n) is 5.23. The second-order valence-corrected chi connectivity index (χ2v) is 5.23. The van der Waals surface area contributed by atoms with Crippen molar-refractivity contribution in [1.82, 2.24) is 10.3 Å². The van der Waals surface area contributed by atoms with E-state index in [1.165, 1.54) is 6.07 Å². The molecule has 1 aromatic heterocycles. The Hall–Kier alpha value is -2.92. The first-order chi connectivity index (χ1) is 11.1. The number of carbonyl (C=O) groups is 1. The Balaban J connectivity index is 1.80. The number of aliphatic hydroxyl groups excluding tert-OH is 1. The van der Waals surface area contributed by atoms with Gasteiger partial charge in [0.25, 0.3) is 5.91 Å². The van der Waals surface area contributed by atoms with E-state index in [2.05, 4.69) is 10.3 Å². The topological polar surface area (TPSA) is 82.2 Å². The van der Waals surface area contributed by atoms with Crippen LogP contribution >= 0.6 is 0 Å². The summed E-state index contributed by atoms with van der Waals surface area (Å²) in [5.41, 5.74) is 1.29. The van der Waals surface area contributed by atoms with E-state index in [-0.39, 0.29) is 18.0 Å². The zero-order chi connectivity index (χ0) is 16.2. The summed E-state index contributed by atoms with van der Waals surface area (Å²) in [5.74, 6) is -0.387. The van der Waals surface area contributed by atoms with Gasteiger partial charge in [0.1, 0.15) is 0 Å². The lowest BCUT2D eigenvalue weighted by molar-refractivity contribution is 0.0918. The third-order valence-electron chi connectivity index (χ3n) is 3.64. The fraction of sp³-hybridized carbons (Fsp3) is 0.111. The van der Waals surface area contributed by atoms with Gasteiger partial charge in [0, 0.05) is 23.5 Å². The fourth-order valence-electron chi connectivity index (χ4n) is 2.47. The lowest BCUT2D eigenvalue weighted by Crippen LogP contribution is -2.29.